The summed E-state index contributed by atoms with van der Waals surface area (Å²) in [4.78, 5) is 37.3. The van der Waals surface area contributed by atoms with E-state index in [0.29, 0.717) is 17.0 Å². The molecule has 1 aliphatic rings. The summed E-state index contributed by atoms with van der Waals surface area (Å²) in [6.07, 6.45) is 3.54. The van der Waals surface area contributed by atoms with Gasteiger partial charge in [0.2, 0.25) is 0 Å². The summed E-state index contributed by atoms with van der Waals surface area (Å²) in [6.45, 7) is 3.59. The molecule has 37 heavy (non-hydrogen) atoms. The van der Waals surface area contributed by atoms with Gasteiger partial charge in [-0.25, -0.2) is 9.59 Å². The van der Waals surface area contributed by atoms with Crippen molar-refractivity contribution in [3.63, 3.8) is 0 Å². The summed E-state index contributed by atoms with van der Waals surface area (Å²) in [5.74, 6) is -2.23. The molecule has 1 aliphatic heterocycles. The molecule has 3 rings (SSSR count). The molecule has 0 bridgehead atoms. The third-order valence-electron chi connectivity index (χ3n) is 5.56. The van der Waals surface area contributed by atoms with Crippen LogP contribution in [0.15, 0.2) is 83.2 Å². The van der Waals surface area contributed by atoms with E-state index in [1.54, 1.807) is 26.0 Å². The molecule has 0 aromatic heterocycles. The fourth-order valence-electron chi connectivity index (χ4n) is 3.93. The van der Waals surface area contributed by atoms with Crippen LogP contribution in [0.2, 0.25) is 0 Å². The predicted octanol–water partition coefficient (Wildman–Crippen LogP) is 4.12. The number of methoxy groups -OCH3 is 1. The van der Waals surface area contributed by atoms with Gasteiger partial charge in [0, 0.05) is 30.6 Å². The van der Waals surface area contributed by atoms with Gasteiger partial charge in [-0.1, -0.05) is 48.5 Å². The number of esters is 2. The minimum Gasteiger partial charge on any atom is -1.00 e. The maximum atomic E-state index is 13.3. The Labute approximate surface area is 248 Å². The number of non-ortho nitro benzene ring substituents is 1. The SMILES string of the molecule is COCCOC(=O)C1=C(C)NC(C)=C(C(=O)OC/C=C/c2ccccc2)C1c1cccc([N+](=O)[O-])c1.[Ca+2].[H-].[H-]. The van der Waals surface area contributed by atoms with Gasteiger partial charge in [-0.05, 0) is 31.1 Å². The zero-order valence-corrected chi connectivity index (χ0v) is 23.3. The smallest absolute Gasteiger partial charge is 1.00 e. The van der Waals surface area contributed by atoms with Crippen LogP contribution >= 0.6 is 0 Å². The maximum Gasteiger partial charge on any atom is 2.00 e. The van der Waals surface area contributed by atoms with E-state index in [9.17, 15) is 19.7 Å². The van der Waals surface area contributed by atoms with E-state index in [2.05, 4.69) is 5.32 Å². The summed E-state index contributed by atoms with van der Waals surface area (Å²) in [6, 6.07) is 15.4. The zero-order valence-electron chi connectivity index (χ0n) is 23.1. The Morgan fingerprint density at radius 3 is 2.27 bits per heavy atom. The van der Waals surface area contributed by atoms with Crippen LogP contribution < -0.4 is 5.32 Å². The summed E-state index contributed by atoms with van der Waals surface area (Å²) in [7, 11) is 1.48. The molecule has 2 aromatic carbocycles. The minimum atomic E-state index is -0.924. The quantitative estimate of drug-likeness (QED) is 0.159. The van der Waals surface area contributed by atoms with Gasteiger partial charge in [0.05, 0.1) is 28.6 Å². The molecule has 9 nitrogen and oxygen atoms in total. The molecule has 0 saturated carbocycles. The van der Waals surface area contributed by atoms with E-state index in [1.807, 2.05) is 36.4 Å². The molecule has 0 radical (unpaired) electrons. The second-order valence-electron chi connectivity index (χ2n) is 8.03. The van der Waals surface area contributed by atoms with Crippen LogP contribution in [0.4, 0.5) is 5.69 Å². The normalized spacial score (nSPS) is 15.2. The number of allylic oxidation sites excluding steroid dienone is 2. The van der Waals surface area contributed by atoms with Crippen LogP contribution in [0.25, 0.3) is 6.08 Å². The Kier molecular flexibility index (Phi) is 12.0. The van der Waals surface area contributed by atoms with Crippen LogP contribution in [0.3, 0.4) is 0 Å². The first kappa shape index (κ1) is 30.2. The number of nitrogens with one attached hydrogen (secondary N) is 1. The largest absolute Gasteiger partial charge is 2.00 e. The first-order valence-electron chi connectivity index (χ1n) is 11.3. The van der Waals surface area contributed by atoms with Gasteiger partial charge in [-0.15, -0.1) is 0 Å². The second kappa shape index (κ2) is 14.7. The van der Waals surface area contributed by atoms with Crippen molar-refractivity contribution in [1.82, 2.24) is 5.32 Å². The Morgan fingerprint density at radius 2 is 1.65 bits per heavy atom. The second-order valence-corrected chi connectivity index (χ2v) is 8.03. The molecule has 1 heterocycles. The summed E-state index contributed by atoms with van der Waals surface area (Å²) in [5.41, 5.74) is 2.50. The number of ether oxygens (including phenoxy) is 3. The molecule has 1 unspecified atom stereocenters. The van der Waals surface area contributed by atoms with Gasteiger partial charge >= 0.3 is 49.7 Å². The zero-order chi connectivity index (χ0) is 26.1. The number of nitro groups is 1. The van der Waals surface area contributed by atoms with Crippen molar-refractivity contribution in [1.29, 1.82) is 0 Å². The Hall–Kier alpha value is -2.98. The molecule has 192 valence electrons. The van der Waals surface area contributed by atoms with E-state index in [-0.39, 0.29) is 77.2 Å². The molecular weight excluding hydrogens is 504 g/mol. The number of rotatable bonds is 10. The monoisotopic (exact) mass is 534 g/mol. The third-order valence-corrected chi connectivity index (χ3v) is 5.56. The van der Waals surface area contributed by atoms with Crippen molar-refractivity contribution in [2.75, 3.05) is 26.9 Å². The molecule has 0 amide bonds. The first-order chi connectivity index (χ1) is 17.3. The predicted molar refractivity (Wildman–Crippen MR) is 142 cm³/mol. The van der Waals surface area contributed by atoms with E-state index in [1.165, 1.54) is 25.3 Å². The van der Waals surface area contributed by atoms with Crippen LogP contribution in [0, 0.1) is 10.1 Å². The third kappa shape index (κ3) is 8.00. The van der Waals surface area contributed by atoms with Crippen molar-refractivity contribution in [3.05, 3.63) is 104 Å². The van der Waals surface area contributed by atoms with Gasteiger partial charge in [-0.2, -0.15) is 0 Å². The van der Waals surface area contributed by atoms with Crippen molar-refractivity contribution >= 4 is 61.4 Å². The van der Waals surface area contributed by atoms with Crippen LogP contribution in [0.1, 0.15) is 33.7 Å². The fourth-order valence-corrected chi connectivity index (χ4v) is 3.93. The molecule has 10 heteroatoms. The van der Waals surface area contributed by atoms with Crippen molar-refractivity contribution in [2.45, 2.75) is 19.8 Å². The van der Waals surface area contributed by atoms with Crippen molar-refractivity contribution in [2.24, 2.45) is 0 Å². The molecule has 1 N–H and O–H groups in total. The number of nitrogens with zero attached hydrogens (tertiary/aromatic N) is 1. The summed E-state index contributed by atoms with van der Waals surface area (Å²) in [5, 5.41) is 14.5. The van der Waals surface area contributed by atoms with Crippen LogP contribution in [-0.4, -0.2) is 81.5 Å². The van der Waals surface area contributed by atoms with Crippen molar-refractivity contribution in [3.8, 4) is 0 Å². The Morgan fingerprint density at radius 1 is 1.00 bits per heavy atom. The molecule has 0 aliphatic carbocycles. The molecule has 0 spiro atoms. The summed E-state index contributed by atoms with van der Waals surface area (Å²) < 4.78 is 15.8. The average Bonchev–Trinajstić information content (AvgIpc) is 2.86. The topological polar surface area (TPSA) is 117 Å². The number of hydrogen-bond acceptors (Lipinski definition) is 8. The molecule has 0 fully saturated rings. The number of benzene rings is 2. The number of dihydropyridines is 1. The number of hydrogen-bond donors (Lipinski definition) is 1. The Bertz CT molecular complexity index is 1230. The van der Waals surface area contributed by atoms with E-state index < -0.39 is 22.8 Å². The molecule has 0 saturated heterocycles. The van der Waals surface area contributed by atoms with Gasteiger partial charge in [0.15, 0.2) is 0 Å². The summed E-state index contributed by atoms with van der Waals surface area (Å²) >= 11 is 0. The average molecular weight is 535 g/mol. The van der Waals surface area contributed by atoms with E-state index in [4.69, 9.17) is 14.2 Å². The fraction of sp³-hybridized carbons (Fsp3) is 0.259. The number of nitro benzene ring substituents is 1. The minimum absolute atomic E-state index is 0. The van der Waals surface area contributed by atoms with Gasteiger partial charge in [0.1, 0.15) is 13.2 Å². The maximum absolute atomic E-state index is 13.3. The van der Waals surface area contributed by atoms with Gasteiger partial charge < -0.3 is 22.4 Å². The molecule has 1 atom stereocenters. The molecule has 2 aromatic rings. The first-order valence-corrected chi connectivity index (χ1v) is 11.3. The van der Waals surface area contributed by atoms with Crippen molar-refractivity contribution < 1.29 is 31.6 Å². The van der Waals surface area contributed by atoms with Crippen LogP contribution in [0.5, 0.6) is 0 Å². The van der Waals surface area contributed by atoms with Crippen LogP contribution in [-0.2, 0) is 23.8 Å². The standard InChI is InChI=1S/C27H28N2O7.Ca.2H/c1-18-23(26(30)35-14-8-11-20-9-5-4-6-10-20)25(21-12-7-13-22(17-21)29(32)33)24(19(2)28-18)27(31)36-16-15-34-3;;;/h4-13,17,25,28H,14-16H2,1-3H3;;;/q;+2;2*-1/b11-8+;;;. The van der Waals surface area contributed by atoms with E-state index in [0.717, 1.165) is 5.56 Å². The van der Waals surface area contributed by atoms with E-state index >= 15 is 0 Å². The van der Waals surface area contributed by atoms with Gasteiger partial charge in [-0.3, -0.25) is 10.1 Å². The number of carbonyl (C=O) groups is 2. The molecular formula is C27H30CaN2O7. The van der Waals surface area contributed by atoms with Gasteiger partial charge in [0.25, 0.3) is 5.69 Å². The number of carbonyl (C=O) groups excluding carboxylic acids is 2. The Balaban J connectivity index is 0.00000481.